The Morgan fingerprint density at radius 3 is 2.58 bits per heavy atom. The van der Waals surface area contributed by atoms with Crippen molar-refractivity contribution in [2.24, 2.45) is 0 Å². The maximum absolute atomic E-state index is 12.2. The Labute approximate surface area is 114 Å². The van der Waals surface area contributed by atoms with E-state index in [-0.39, 0.29) is 17.8 Å². The second-order valence-corrected chi connectivity index (χ2v) is 5.37. The molecule has 1 aliphatic rings. The molecule has 0 amide bonds. The topological polar surface area (TPSA) is 54.4 Å². The Balaban J connectivity index is 2.20. The van der Waals surface area contributed by atoms with E-state index in [4.69, 9.17) is 0 Å². The lowest BCUT2D eigenvalue weighted by Gasteiger charge is -2.07. The van der Waals surface area contributed by atoms with E-state index in [9.17, 15) is 14.7 Å². The molecule has 3 rings (SSSR count). The summed E-state index contributed by atoms with van der Waals surface area (Å²) in [7, 11) is 0. The summed E-state index contributed by atoms with van der Waals surface area (Å²) in [5, 5.41) is 9.22. The van der Waals surface area contributed by atoms with Gasteiger partial charge in [0.1, 0.15) is 0 Å². The van der Waals surface area contributed by atoms with Crippen molar-refractivity contribution in [1.29, 1.82) is 0 Å². The fourth-order valence-electron chi connectivity index (χ4n) is 2.20. The fraction of sp³-hybridized carbons (Fsp3) is 0.0667. The SMILES string of the molecule is O=C1Cc2c(cccc2C(=O)O)Sc2ccccc21. The smallest absolute Gasteiger partial charge is 0.336 e. The van der Waals surface area contributed by atoms with Crippen LogP contribution in [0.4, 0.5) is 0 Å². The minimum Gasteiger partial charge on any atom is -0.478 e. The van der Waals surface area contributed by atoms with Gasteiger partial charge in [0.15, 0.2) is 5.78 Å². The molecule has 1 heterocycles. The highest BCUT2D eigenvalue weighted by Crippen LogP contribution is 2.38. The molecule has 0 unspecified atom stereocenters. The normalized spacial score (nSPS) is 13.4. The molecule has 0 spiro atoms. The van der Waals surface area contributed by atoms with Crippen LogP contribution in [-0.2, 0) is 6.42 Å². The molecule has 1 aliphatic heterocycles. The molecule has 2 aromatic rings. The molecule has 0 aliphatic carbocycles. The van der Waals surface area contributed by atoms with Gasteiger partial charge >= 0.3 is 5.97 Å². The lowest BCUT2D eigenvalue weighted by atomic mass is 9.99. The summed E-state index contributed by atoms with van der Waals surface area (Å²) >= 11 is 1.45. The number of carboxylic acids is 1. The zero-order valence-electron chi connectivity index (χ0n) is 9.92. The molecular formula is C15H10O3S. The lowest BCUT2D eigenvalue weighted by Crippen LogP contribution is -2.08. The molecule has 0 saturated carbocycles. The number of aromatic carboxylic acids is 1. The Morgan fingerprint density at radius 1 is 1.05 bits per heavy atom. The quantitative estimate of drug-likeness (QED) is 0.864. The van der Waals surface area contributed by atoms with Gasteiger partial charge in [0.2, 0.25) is 0 Å². The van der Waals surface area contributed by atoms with E-state index in [1.54, 1.807) is 18.2 Å². The molecule has 4 heteroatoms. The number of benzene rings is 2. The number of Topliss-reactive ketones (excluding diaryl/α,β-unsaturated/α-hetero) is 1. The minimum atomic E-state index is -0.990. The molecule has 0 aromatic heterocycles. The van der Waals surface area contributed by atoms with Gasteiger partial charge in [0.25, 0.3) is 0 Å². The van der Waals surface area contributed by atoms with Gasteiger partial charge in [-0.1, -0.05) is 36.0 Å². The maximum atomic E-state index is 12.2. The van der Waals surface area contributed by atoms with Crippen LogP contribution in [-0.4, -0.2) is 16.9 Å². The molecule has 0 bridgehead atoms. The van der Waals surface area contributed by atoms with Crippen molar-refractivity contribution in [1.82, 2.24) is 0 Å². The first-order valence-corrected chi connectivity index (χ1v) is 6.64. The Kier molecular flexibility index (Phi) is 2.87. The fourth-order valence-corrected chi connectivity index (χ4v) is 3.33. The number of hydrogen-bond acceptors (Lipinski definition) is 3. The number of carbonyl (C=O) groups is 2. The Morgan fingerprint density at radius 2 is 1.79 bits per heavy atom. The summed E-state index contributed by atoms with van der Waals surface area (Å²) in [5.74, 6) is -1.02. The van der Waals surface area contributed by atoms with Crippen molar-refractivity contribution in [2.45, 2.75) is 16.2 Å². The van der Waals surface area contributed by atoms with Gasteiger partial charge < -0.3 is 5.11 Å². The van der Waals surface area contributed by atoms with Gasteiger partial charge in [-0.2, -0.15) is 0 Å². The van der Waals surface area contributed by atoms with Crippen LogP contribution >= 0.6 is 11.8 Å². The van der Waals surface area contributed by atoms with Crippen LogP contribution in [0.25, 0.3) is 0 Å². The van der Waals surface area contributed by atoms with E-state index in [1.165, 1.54) is 11.8 Å². The van der Waals surface area contributed by atoms with Gasteiger partial charge in [-0.15, -0.1) is 0 Å². The molecule has 19 heavy (non-hydrogen) atoms. The molecule has 3 nitrogen and oxygen atoms in total. The molecule has 2 aromatic carbocycles. The van der Waals surface area contributed by atoms with Gasteiger partial charge in [-0.25, -0.2) is 4.79 Å². The van der Waals surface area contributed by atoms with Crippen LogP contribution in [0, 0.1) is 0 Å². The van der Waals surface area contributed by atoms with Crippen molar-refractivity contribution < 1.29 is 14.7 Å². The van der Waals surface area contributed by atoms with Crippen LogP contribution in [0.15, 0.2) is 52.3 Å². The Bertz CT molecular complexity index is 692. The van der Waals surface area contributed by atoms with Crippen molar-refractivity contribution >= 4 is 23.5 Å². The summed E-state index contributed by atoms with van der Waals surface area (Å²) in [6, 6.07) is 12.5. The van der Waals surface area contributed by atoms with E-state index in [2.05, 4.69) is 0 Å². The summed E-state index contributed by atoms with van der Waals surface area (Å²) in [6.45, 7) is 0. The van der Waals surface area contributed by atoms with E-state index >= 15 is 0 Å². The predicted molar refractivity (Wildman–Crippen MR) is 72.0 cm³/mol. The minimum absolute atomic E-state index is 0.0319. The first-order valence-electron chi connectivity index (χ1n) is 5.82. The highest BCUT2D eigenvalue weighted by Gasteiger charge is 2.23. The van der Waals surface area contributed by atoms with E-state index in [0.717, 1.165) is 9.79 Å². The van der Waals surface area contributed by atoms with Crippen LogP contribution < -0.4 is 0 Å². The maximum Gasteiger partial charge on any atom is 0.336 e. The third kappa shape index (κ3) is 2.04. The van der Waals surface area contributed by atoms with E-state index < -0.39 is 5.97 Å². The average Bonchev–Trinajstić information content (AvgIpc) is 2.54. The molecule has 0 saturated heterocycles. The van der Waals surface area contributed by atoms with Crippen molar-refractivity contribution in [2.75, 3.05) is 0 Å². The molecular weight excluding hydrogens is 260 g/mol. The standard InChI is InChI=1S/C15H10O3S/c16-12-8-11-9(15(17)18)5-3-7-14(11)19-13-6-2-1-4-10(12)13/h1-7H,8H2,(H,17,18). The monoisotopic (exact) mass is 270 g/mol. The zero-order valence-corrected chi connectivity index (χ0v) is 10.7. The Hall–Kier alpha value is -2.07. The van der Waals surface area contributed by atoms with Crippen LogP contribution in [0.3, 0.4) is 0 Å². The van der Waals surface area contributed by atoms with E-state index in [1.807, 2.05) is 24.3 Å². The summed E-state index contributed by atoms with van der Waals surface area (Å²) in [5.41, 5.74) is 1.49. The second kappa shape index (κ2) is 4.55. The highest BCUT2D eigenvalue weighted by molar-refractivity contribution is 7.99. The van der Waals surface area contributed by atoms with Gasteiger partial charge in [0, 0.05) is 21.8 Å². The summed E-state index contributed by atoms with van der Waals surface area (Å²) in [4.78, 5) is 25.2. The number of hydrogen-bond donors (Lipinski definition) is 1. The average molecular weight is 270 g/mol. The first-order chi connectivity index (χ1) is 9.16. The van der Waals surface area contributed by atoms with Gasteiger partial charge in [-0.3, -0.25) is 4.79 Å². The number of rotatable bonds is 1. The van der Waals surface area contributed by atoms with Crippen molar-refractivity contribution in [3.05, 3.63) is 59.2 Å². The zero-order chi connectivity index (χ0) is 13.4. The van der Waals surface area contributed by atoms with Crippen LogP contribution in [0.1, 0.15) is 26.3 Å². The van der Waals surface area contributed by atoms with Crippen LogP contribution in [0.5, 0.6) is 0 Å². The van der Waals surface area contributed by atoms with Crippen LogP contribution in [0.2, 0.25) is 0 Å². The number of fused-ring (bicyclic) bond motifs is 2. The van der Waals surface area contributed by atoms with E-state index in [0.29, 0.717) is 11.1 Å². The first kappa shape index (κ1) is 12.0. The molecule has 94 valence electrons. The largest absolute Gasteiger partial charge is 0.478 e. The van der Waals surface area contributed by atoms with Crippen molar-refractivity contribution in [3.63, 3.8) is 0 Å². The number of carbonyl (C=O) groups excluding carboxylic acids is 1. The second-order valence-electron chi connectivity index (χ2n) is 4.29. The lowest BCUT2D eigenvalue weighted by molar-refractivity contribution is 0.0695. The molecule has 1 N–H and O–H groups in total. The predicted octanol–water partition coefficient (Wildman–Crippen LogP) is 3.27. The van der Waals surface area contributed by atoms with Gasteiger partial charge in [-0.05, 0) is 23.8 Å². The third-order valence-corrected chi connectivity index (χ3v) is 4.29. The molecule has 0 radical (unpaired) electrons. The third-order valence-electron chi connectivity index (χ3n) is 3.11. The molecule has 0 atom stereocenters. The number of ketones is 1. The number of carboxylic acid groups (broad SMARTS) is 1. The van der Waals surface area contributed by atoms with Crippen molar-refractivity contribution in [3.8, 4) is 0 Å². The summed E-state index contributed by atoms with van der Waals surface area (Å²) < 4.78 is 0. The summed E-state index contributed by atoms with van der Waals surface area (Å²) in [6.07, 6.45) is 0.141. The highest BCUT2D eigenvalue weighted by atomic mass is 32.2. The molecule has 0 fully saturated rings. The van der Waals surface area contributed by atoms with Gasteiger partial charge in [0.05, 0.1) is 5.56 Å².